The number of benzene rings is 2. The van der Waals surface area contributed by atoms with Crippen LogP contribution >= 0.6 is 0 Å². The van der Waals surface area contributed by atoms with Crippen molar-refractivity contribution in [1.82, 2.24) is 9.78 Å². The molecule has 1 heterocycles. The SMILES string of the molecule is Cn1ncc2ccc(C(=O)Nc3ccccc3F)cc21. The maximum atomic E-state index is 13.5. The molecule has 100 valence electrons. The molecule has 0 aliphatic carbocycles. The second-order valence-corrected chi connectivity index (χ2v) is 4.48. The lowest BCUT2D eigenvalue weighted by Gasteiger charge is -2.06. The summed E-state index contributed by atoms with van der Waals surface area (Å²) in [6.45, 7) is 0. The van der Waals surface area contributed by atoms with Crippen molar-refractivity contribution in [3.8, 4) is 0 Å². The maximum Gasteiger partial charge on any atom is 0.255 e. The predicted molar refractivity (Wildman–Crippen MR) is 75.1 cm³/mol. The van der Waals surface area contributed by atoms with Gasteiger partial charge in [0.25, 0.3) is 5.91 Å². The van der Waals surface area contributed by atoms with Gasteiger partial charge in [0.2, 0.25) is 0 Å². The number of rotatable bonds is 2. The van der Waals surface area contributed by atoms with Crippen molar-refractivity contribution in [2.75, 3.05) is 5.32 Å². The van der Waals surface area contributed by atoms with Gasteiger partial charge in [-0.25, -0.2) is 4.39 Å². The van der Waals surface area contributed by atoms with Gasteiger partial charge in [-0.05, 0) is 24.3 Å². The molecule has 2 aromatic carbocycles. The summed E-state index contributed by atoms with van der Waals surface area (Å²) in [4.78, 5) is 12.1. The number of hydrogen-bond acceptors (Lipinski definition) is 2. The average molecular weight is 269 g/mol. The fourth-order valence-corrected chi connectivity index (χ4v) is 2.04. The number of fused-ring (bicyclic) bond motifs is 1. The Hall–Kier alpha value is -2.69. The van der Waals surface area contributed by atoms with Crippen LogP contribution in [0.25, 0.3) is 10.9 Å². The van der Waals surface area contributed by atoms with E-state index in [4.69, 9.17) is 0 Å². The molecule has 1 N–H and O–H groups in total. The van der Waals surface area contributed by atoms with Crippen LogP contribution in [-0.4, -0.2) is 15.7 Å². The zero-order chi connectivity index (χ0) is 14.1. The average Bonchev–Trinajstić information content (AvgIpc) is 2.82. The summed E-state index contributed by atoms with van der Waals surface area (Å²) < 4.78 is 15.2. The molecule has 0 atom stereocenters. The summed E-state index contributed by atoms with van der Waals surface area (Å²) >= 11 is 0. The Morgan fingerprint density at radius 2 is 2.05 bits per heavy atom. The molecule has 20 heavy (non-hydrogen) atoms. The highest BCUT2D eigenvalue weighted by Crippen LogP contribution is 2.17. The number of halogens is 1. The minimum Gasteiger partial charge on any atom is -0.319 e. The molecule has 0 radical (unpaired) electrons. The summed E-state index contributed by atoms with van der Waals surface area (Å²) in [5.74, 6) is -0.805. The topological polar surface area (TPSA) is 46.9 Å². The number of aryl methyl sites for hydroxylation is 1. The largest absolute Gasteiger partial charge is 0.319 e. The Morgan fingerprint density at radius 1 is 1.25 bits per heavy atom. The normalized spacial score (nSPS) is 10.7. The molecule has 3 rings (SSSR count). The molecule has 4 nitrogen and oxygen atoms in total. The molecular weight excluding hydrogens is 257 g/mol. The van der Waals surface area contributed by atoms with Gasteiger partial charge in [0, 0.05) is 18.0 Å². The fraction of sp³-hybridized carbons (Fsp3) is 0.0667. The van der Waals surface area contributed by atoms with E-state index >= 15 is 0 Å². The number of nitrogens with zero attached hydrogens (tertiary/aromatic N) is 2. The first-order chi connectivity index (χ1) is 9.65. The van der Waals surface area contributed by atoms with Gasteiger partial charge < -0.3 is 5.32 Å². The van der Waals surface area contributed by atoms with Gasteiger partial charge in [-0.2, -0.15) is 5.10 Å². The molecule has 3 aromatic rings. The first-order valence-corrected chi connectivity index (χ1v) is 6.13. The van der Waals surface area contributed by atoms with Crippen LogP contribution in [0.3, 0.4) is 0 Å². The standard InChI is InChI=1S/C15H12FN3O/c1-19-14-8-10(6-7-11(14)9-17-19)15(20)18-13-5-3-2-4-12(13)16/h2-9H,1H3,(H,18,20). The summed E-state index contributed by atoms with van der Waals surface area (Å²) in [5, 5.41) is 7.63. The van der Waals surface area contributed by atoms with Crippen LogP contribution in [-0.2, 0) is 7.05 Å². The van der Waals surface area contributed by atoms with Crippen molar-refractivity contribution < 1.29 is 9.18 Å². The molecule has 1 aromatic heterocycles. The number of anilines is 1. The number of hydrogen-bond donors (Lipinski definition) is 1. The van der Waals surface area contributed by atoms with E-state index in [1.807, 2.05) is 6.07 Å². The Labute approximate surface area is 114 Å². The molecule has 0 aliphatic rings. The van der Waals surface area contributed by atoms with Crippen molar-refractivity contribution >= 4 is 22.5 Å². The van der Waals surface area contributed by atoms with Gasteiger partial charge in [-0.15, -0.1) is 0 Å². The summed E-state index contributed by atoms with van der Waals surface area (Å²) in [6, 6.07) is 11.3. The molecule has 0 aliphatic heterocycles. The van der Waals surface area contributed by atoms with Crippen molar-refractivity contribution in [3.63, 3.8) is 0 Å². The Balaban J connectivity index is 1.92. The van der Waals surface area contributed by atoms with E-state index in [9.17, 15) is 9.18 Å². The van der Waals surface area contributed by atoms with Crippen LogP contribution in [0.2, 0.25) is 0 Å². The van der Waals surface area contributed by atoms with Crippen LogP contribution in [0.15, 0.2) is 48.7 Å². The maximum absolute atomic E-state index is 13.5. The highest BCUT2D eigenvalue weighted by molar-refractivity contribution is 6.06. The van der Waals surface area contributed by atoms with Gasteiger partial charge in [-0.3, -0.25) is 9.48 Å². The highest BCUT2D eigenvalue weighted by Gasteiger charge is 2.10. The number of aromatic nitrogens is 2. The number of para-hydroxylation sites is 1. The minimum absolute atomic E-state index is 0.169. The van der Waals surface area contributed by atoms with Crippen LogP contribution < -0.4 is 5.32 Å². The van der Waals surface area contributed by atoms with E-state index in [2.05, 4.69) is 10.4 Å². The van der Waals surface area contributed by atoms with Gasteiger partial charge in [0.05, 0.1) is 17.4 Å². The first kappa shape index (κ1) is 12.3. The second-order valence-electron chi connectivity index (χ2n) is 4.48. The Kier molecular flexibility index (Phi) is 2.95. The van der Waals surface area contributed by atoms with Crippen LogP contribution in [0.4, 0.5) is 10.1 Å². The quantitative estimate of drug-likeness (QED) is 0.777. The Bertz CT molecular complexity index is 795. The van der Waals surface area contributed by atoms with Crippen LogP contribution in [0.1, 0.15) is 10.4 Å². The second kappa shape index (κ2) is 4.77. The molecule has 0 spiro atoms. The van der Waals surface area contributed by atoms with Gasteiger partial charge in [-0.1, -0.05) is 18.2 Å². The molecule has 0 fully saturated rings. The van der Waals surface area contributed by atoms with Crippen molar-refractivity contribution in [1.29, 1.82) is 0 Å². The van der Waals surface area contributed by atoms with Gasteiger partial charge in [0.15, 0.2) is 0 Å². The van der Waals surface area contributed by atoms with E-state index in [1.165, 1.54) is 12.1 Å². The Morgan fingerprint density at radius 3 is 2.85 bits per heavy atom. The van der Waals surface area contributed by atoms with E-state index < -0.39 is 5.82 Å². The summed E-state index contributed by atoms with van der Waals surface area (Å²) in [7, 11) is 1.81. The molecule has 5 heteroatoms. The number of carbonyl (C=O) groups excluding carboxylic acids is 1. The van der Waals surface area contributed by atoms with E-state index in [0.29, 0.717) is 5.56 Å². The van der Waals surface area contributed by atoms with E-state index in [1.54, 1.807) is 42.2 Å². The van der Waals surface area contributed by atoms with Crippen LogP contribution in [0.5, 0.6) is 0 Å². The molecule has 0 unspecified atom stereocenters. The minimum atomic E-state index is -0.456. The van der Waals surface area contributed by atoms with Crippen molar-refractivity contribution in [3.05, 3.63) is 60.0 Å². The molecule has 1 amide bonds. The van der Waals surface area contributed by atoms with Crippen molar-refractivity contribution in [2.24, 2.45) is 7.05 Å². The highest BCUT2D eigenvalue weighted by atomic mass is 19.1. The molecule has 0 saturated heterocycles. The smallest absolute Gasteiger partial charge is 0.255 e. The van der Waals surface area contributed by atoms with E-state index in [-0.39, 0.29) is 11.6 Å². The van der Waals surface area contributed by atoms with Gasteiger partial charge >= 0.3 is 0 Å². The third-order valence-corrected chi connectivity index (χ3v) is 3.13. The third kappa shape index (κ3) is 2.14. The zero-order valence-corrected chi connectivity index (χ0v) is 10.8. The molecule has 0 bridgehead atoms. The van der Waals surface area contributed by atoms with Gasteiger partial charge in [0.1, 0.15) is 5.82 Å². The molecular formula is C15H12FN3O. The number of amides is 1. The summed E-state index contributed by atoms with van der Waals surface area (Å²) in [5.41, 5.74) is 1.48. The third-order valence-electron chi connectivity index (χ3n) is 3.13. The van der Waals surface area contributed by atoms with E-state index in [0.717, 1.165) is 10.9 Å². The number of carbonyl (C=O) groups is 1. The predicted octanol–water partition coefficient (Wildman–Crippen LogP) is 2.96. The van der Waals surface area contributed by atoms with Crippen molar-refractivity contribution in [2.45, 2.75) is 0 Å². The lowest BCUT2D eigenvalue weighted by molar-refractivity contribution is 0.102. The zero-order valence-electron chi connectivity index (χ0n) is 10.8. The summed E-state index contributed by atoms with van der Waals surface area (Å²) in [6.07, 6.45) is 1.73. The lowest BCUT2D eigenvalue weighted by Crippen LogP contribution is -2.13. The fourth-order valence-electron chi connectivity index (χ4n) is 2.04. The number of nitrogens with one attached hydrogen (secondary N) is 1. The lowest BCUT2D eigenvalue weighted by atomic mass is 10.1. The molecule has 0 saturated carbocycles. The van der Waals surface area contributed by atoms with Crippen LogP contribution in [0, 0.1) is 5.82 Å². The first-order valence-electron chi connectivity index (χ1n) is 6.13. The monoisotopic (exact) mass is 269 g/mol.